The molecule has 3 nitrogen and oxygen atoms in total. The van der Waals surface area contributed by atoms with Crippen LogP contribution in [0.15, 0.2) is 48.5 Å². The molecule has 0 spiro atoms. The van der Waals surface area contributed by atoms with Crippen molar-refractivity contribution in [3.05, 3.63) is 63.7 Å². The van der Waals surface area contributed by atoms with Crippen molar-refractivity contribution in [2.45, 2.75) is 0 Å². The molecular formula is C16H8ClNO2. The maximum absolute atomic E-state index is 11.1. The van der Waals surface area contributed by atoms with Crippen molar-refractivity contribution in [1.82, 2.24) is 0 Å². The number of hydrogen-bond donors (Lipinski definition) is 0. The summed E-state index contributed by atoms with van der Waals surface area (Å²) in [4.78, 5) is 10.7. The molecule has 0 aromatic heterocycles. The van der Waals surface area contributed by atoms with Gasteiger partial charge in [0.15, 0.2) is 0 Å². The van der Waals surface area contributed by atoms with Gasteiger partial charge in [0.05, 0.1) is 4.92 Å². The fourth-order valence-corrected chi connectivity index (χ4v) is 3.17. The molecule has 4 aromatic rings. The first-order chi connectivity index (χ1) is 9.66. The molecule has 0 fully saturated rings. The molecule has 0 N–H and O–H groups in total. The molecule has 0 aliphatic rings. The SMILES string of the molecule is O=[N+]([O-])c1cc2ccc3cccc4ccc(c1Cl)c2c34. The number of nitro groups is 1. The zero-order valence-corrected chi connectivity index (χ0v) is 11.0. The summed E-state index contributed by atoms with van der Waals surface area (Å²) in [6.07, 6.45) is 0. The highest BCUT2D eigenvalue weighted by Gasteiger charge is 2.19. The average Bonchev–Trinajstić information content (AvgIpc) is 2.46. The molecule has 4 rings (SSSR count). The van der Waals surface area contributed by atoms with E-state index in [1.165, 1.54) is 0 Å². The topological polar surface area (TPSA) is 43.1 Å². The summed E-state index contributed by atoms with van der Waals surface area (Å²) in [6, 6.07) is 15.4. The Morgan fingerprint density at radius 1 is 0.900 bits per heavy atom. The third-order valence-corrected chi connectivity index (χ3v) is 4.16. The molecule has 0 saturated heterocycles. The molecule has 0 amide bonds. The van der Waals surface area contributed by atoms with Crippen LogP contribution in [0.3, 0.4) is 0 Å². The third kappa shape index (κ3) is 1.35. The largest absolute Gasteiger partial charge is 0.289 e. The molecule has 0 saturated carbocycles. The normalized spacial score (nSPS) is 11.7. The lowest BCUT2D eigenvalue weighted by molar-refractivity contribution is -0.384. The van der Waals surface area contributed by atoms with Gasteiger partial charge in [-0.2, -0.15) is 0 Å². The fraction of sp³-hybridized carbons (Fsp3) is 0. The zero-order valence-electron chi connectivity index (χ0n) is 10.3. The van der Waals surface area contributed by atoms with Crippen LogP contribution < -0.4 is 0 Å². The minimum Gasteiger partial charge on any atom is -0.258 e. The van der Waals surface area contributed by atoms with Gasteiger partial charge < -0.3 is 0 Å². The van der Waals surface area contributed by atoms with Gasteiger partial charge in [0.2, 0.25) is 0 Å². The molecule has 0 radical (unpaired) electrons. The van der Waals surface area contributed by atoms with Crippen molar-refractivity contribution >= 4 is 49.6 Å². The standard InChI is InChI=1S/C16H8ClNO2/c17-16-12-7-6-10-3-1-2-9-4-5-11(15(12)14(9)10)8-13(16)18(19)20/h1-8H. The quantitative estimate of drug-likeness (QED) is 0.275. The van der Waals surface area contributed by atoms with E-state index < -0.39 is 4.92 Å². The van der Waals surface area contributed by atoms with Crippen LogP contribution in [-0.4, -0.2) is 4.92 Å². The Labute approximate surface area is 118 Å². The second-order valence-electron chi connectivity index (χ2n) is 4.82. The Hall–Kier alpha value is -2.39. The highest BCUT2D eigenvalue weighted by Crippen LogP contribution is 2.41. The van der Waals surface area contributed by atoms with Crippen LogP contribution in [0, 0.1) is 10.1 Å². The second kappa shape index (κ2) is 3.81. The monoisotopic (exact) mass is 281 g/mol. The number of halogens is 1. The summed E-state index contributed by atoms with van der Waals surface area (Å²) in [6.45, 7) is 0. The smallest absolute Gasteiger partial charge is 0.258 e. The average molecular weight is 282 g/mol. The highest BCUT2D eigenvalue weighted by molar-refractivity contribution is 6.40. The van der Waals surface area contributed by atoms with Gasteiger partial charge in [-0.1, -0.05) is 54.1 Å². The molecule has 0 aliphatic carbocycles. The van der Waals surface area contributed by atoms with Crippen LogP contribution in [-0.2, 0) is 0 Å². The summed E-state index contributed by atoms with van der Waals surface area (Å²) in [5.74, 6) is 0. The zero-order chi connectivity index (χ0) is 13.9. The lowest BCUT2D eigenvalue weighted by Gasteiger charge is -2.11. The Kier molecular flexibility index (Phi) is 2.18. The molecule has 4 aromatic carbocycles. The van der Waals surface area contributed by atoms with Crippen LogP contribution in [0.1, 0.15) is 0 Å². The van der Waals surface area contributed by atoms with Crippen molar-refractivity contribution in [3.63, 3.8) is 0 Å². The molecule has 20 heavy (non-hydrogen) atoms. The van der Waals surface area contributed by atoms with Crippen molar-refractivity contribution < 1.29 is 4.92 Å². The molecule has 0 aliphatic heterocycles. The van der Waals surface area contributed by atoms with E-state index in [-0.39, 0.29) is 10.7 Å². The van der Waals surface area contributed by atoms with Gasteiger partial charge >= 0.3 is 0 Å². The van der Waals surface area contributed by atoms with E-state index in [0.29, 0.717) is 0 Å². The number of nitro benzene ring substituents is 1. The van der Waals surface area contributed by atoms with E-state index in [4.69, 9.17) is 11.6 Å². The number of benzene rings is 4. The van der Waals surface area contributed by atoms with Crippen LogP contribution in [0.2, 0.25) is 5.02 Å². The predicted molar refractivity (Wildman–Crippen MR) is 81.8 cm³/mol. The summed E-state index contributed by atoms with van der Waals surface area (Å²) < 4.78 is 0. The Bertz CT molecular complexity index is 978. The first-order valence-corrected chi connectivity index (χ1v) is 6.55. The van der Waals surface area contributed by atoms with Gasteiger partial charge in [0.1, 0.15) is 5.02 Å². The summed E-state index contributed by atoms with van der Waals surface area (Å²) in [5.41, 5.74) is -0.0439. The number of nitrogens with zero attached hydrogens (tertiary/aromatic N) is 1. The lowest BCUT2D eigenvalue weighted by atomic mass is 9.94. The van der Waals surface area contributed by atoms with E-state index >= 15 is 0 Å². The maximum Gasteiger partial charge on any atom is 0.289 e. The van der Waals surface area contributed by atoms with Crippen molar-refractivity contribution in [1.29, 1.82) is 0 Å². The first kappa shape index (κ1) is 11.4. The number of rotatable bonds is 1. The van der Waals surface area contributed by atoms with Crippen LogP contribution >= 0.6 is 11.6 Å². The summed E-state index contributed by atoms with van der Waals surface area (Å²) in [7, 11) is 0. The Morgan fingerprint density at radius 3 is 2.25 bits per heavy atom. The molecule has 0 unspecified atom stereocenters. The maximum atomic E-state index is 11.1. The van der Waals surface area contributed by atoms with Gasteiger partial charge in [-0.3, -0.25) is 10.1 Å². The van der Waals surface area contributed by atoms with E-state index in [2.05, 4.69) is 0 Å². The van der Waals surface area contributed by atoms with Crippen LogP contribution in [0.25, 0.3) is 32.3 Å². The number of hydrogen-bond acceptors (Lipinski definition) is 2. The van der Waals surface area contributed by atoms with Crippen molar-refractivity contribution in [3.8, 4) is 0 Å². The Morgan fingerprint density at radius 2 is 1.55 bits per heavy atom. The van der Waals surface area contributed by atoms with Crippen LogP contribution in [0.5, 0.6) is 0 Å². The van der Waals surface area contributed by atoms with Gasteiger partial charge in [-0.25, -0.2) is 0 Å². The summed E-state index contributed by atoms with van der Waals surface area (Å²) in [5, 5.41) is 17.2. The van der Waals surface area contributed by atoms with Gasteiger partial charge in [-0.05, 0) is 26.9 Å². The van der Waals surface area contributed by atoms with Gasteiger partial charge in [-0.15, -0.1) is 0 Å². The first-order valence-electron chi connectivity index (χ1n) is 6.17. The van der Waals surface area contributed by atoms with Gasteiger partial charge in [0.25, 0.3) is 5.69 Å². The van der Waals surface area contributed by atoms with Crippen molar-refractivity contribution in [2.24, 2.45) is 0 Å². The molecular weight excluding hydrogens is 274 g/mol. The van der Waals surface area contributed by atoms with Crippen molar-refractivity contribution in [2.75, 3.05) is 0 Å². The van der Waals surface area contributed by atoms with Gasteiger partial charge in [0, 0.05) is 11.5 Å². The lowest BCUT2D eigenvalue weighted by Crippen LogP contribution is -1.92. The van der Waals surface area contributed by atoms with E-state index in [9.17, 15) is 10.1 Å². The minimum atomic E-state index is -0.434. The molecule has 96 valence electrons. The second-order valence-corrected chi connectivity index (χ2v) is 5.20. The van der Waals surface area contributed by atoms with Crippen LogP contribution in [0.4, 0.5) is 5.69 Å². The molecule has 4 heteroatoms. The van der Waals surface area contributed by atoms with E-state index in [1.807, 2.05) is 42.5 Å². The van der Waals surface area contributed by atoms with E-state index in [1.54, 1.807) is 6.07 Å². The summed E-state index contributed by atoms with van der Waals surface area (Å²) >= 11 is 6.22. The Balaban J connectivity index is 2.36. The fourth-order valence-electron chi connectivity index (χ4n) is 2.89. The third-order valence-electron chi connectivity index (χ3n) is 3.76. The predicted octanol–water partition coefficient (Wildman–Crippen LogP) is 5.15. The highest BCUT2D eigenvalue weighted by atomic mass is 35.5. The van der Waals surface area contributed by atoms with E-state index in [0.717, 1.165) is 32.3 Å². The molecule has 0 atom stereocenters. The minimum absolute atomic E-state index is 0.0439. The molecule has 0 bridgehead atoms. The molecule has 0 heterocycles.